The van der Waals surface area contributed by atoms with E-state index in [1.165, 1.54) is 0 Å². The molecule has 0 aromatic rings. The van der Waals surface area contributed by atoms with Crippen LogP contribution in [0.25, 0.3) is 0 Å². The predicted octanol–water partition coefficient (Wildman–Crippen LogP) is 1.94. The fraction of sp³-hybridized carbons (Fsp3) is 0.867. The highest BCUT2D eigenvalue weighted by molar-refractivity contribution is 6.00. The first-order valence-corrected chi connectivity index (χ1v) is 7.53. The van der Waals surface area contributed by atoms with Gasteiger partial charge in [0.15, 0.2) is 0 Å². The molecule has 1 heterocycles. The Morgan fingerprint density at radius 2 is 2.00 bits per heavy atom. The molecule has 2 aliphatic rings. The SMILES string of the molecule is CCCC1C(=O)NC(C)(C2CC2)C(=O)N1CC(C)C. The molecule has 0 aromatic carbocycles. The molecule has 2 unspecified atom stereocenters. The lowest BCUT2D eigenvalue weighted by Gasteiger charge is -2.45. The smallest absolute Gasteiger partial charge is 0.249 e. The first-order valence-electron chi connectivity index (χ1n) is 7.53. The van der Waals surface area contributed by atoms with Crippen LogP contribution in [0.4, 0.5) is 0 Å². The first kappa shape index (κ1) is 14.4. The van der Waals surface area contributed by atoms with Gasteiger partial charge in [-0.3, -0.25) is 9.59 Å². The highest BCUT2D eigenvalue weighted by Gasteiger charge is 2.54. The van der Waals surface area contributed by atoms with Crippen LogP contribution < -0.4 is 5.32 Å². The first-order chi connectivity index (χ1) is 8.90. The molecule has 4 heteroatoms. The fourth-order valence-corrected chi connectivity index (χ4v) is 3.08. The van der Waals surface area contributed by atoms with Gasteiger partial charge in [-0.05, 0) is 38.0 Å². The molecule has 1 saturated heterocycles. The normalized spacial score (nSPS) is 31.8. The molecule has 2 rings (SSSR count). The standard InChI is InChI=1S/C15H26N2O2/c1-5-6-12-13(18)16-15(4,11-7-8-11)14(19)17(12)9-10(2)3/h10-12H,5-9H2,1-4H3,(H,16,18). The van der Waals surface area contributed by atoms with E-state index in [9.17, 15) is 9.59 Å². The lowest BCUT2D eigenvalue weighted by Crippen LogP contribution is -2.70. The van der Waals surface area contributed by atoms with Crippen molar-refractivity contribution in [1.82, 2.24) is 10.2 Å². The molecule has 2 amide bonds. The van der Waals surface area contributed by atoms with Crippen molar-refractivity contribution >= 4 is 11.8 Å². The molecule has 19 heavy (non-hydrogen) atoms. The molecule has 0 spiro atoms. The van der Waals surface area contributed by atoms with Crippen molar-refractivity contribution < 1.29 is 9.59 Å². The number of nitrogens with zero attached hydrogens (tertiary/aromatic N) is 1. The predicted molar refractivity (Wildman–Crippen MR) is 74.5 cm³/mol. The van der Waals surface area contributed by atoms with Crippen LogP contribution in [0, 0.1) is 11.8 Å². The maximum Gasteiger partial charge on any atom is 0.249 e. The zero-order valence-corrected chi connectivity index (χ0v) is 12.5. The summed E-state index contributed by atoms with van der Waals surface area (Å²) in [6, 6.07) is -0.272. The van der Waals surface area contributed by atoms with Gasteiger partial charge in [0.2, 0.25) is 11.8 Å². The molecular formula is C15H26N2O2. The zero-order chi connectivity index (χ0) is 14.2. The number of rotatable bonds is 5. The van der Waals surface area contributed by atoms with E-state index in [-0.39, 0.29) is 17.9 Å². The Hall–Kier alpha value is -1.06. The summed E-state index contributed by atoms with van der Waals surface area (Å²) in [5, 5.41) is 3.01. The third-order valence-corrected chi connectivity index (χ3v) is 4.28. The monoisotopic (exact) mass is 266 g/mol. The van der Waals surface area contributed by atoms with Gasteiger partial charge in [0.05, 0.1) is 0 Å². The number of carbonyl (C=O) groups is 2. The number of carbonyl (C=O) groups excluding carboxylic acids is 2. The lowest BCUT2D eigenvalue weighted by molar-refractivity contribution is -0.156. The second-order valence-corrected chi connectivity index (χ2v) is 6.62. The molecule has 1 N–H and O–H groups in total. The average molecular weight is 266 g/mol. The van der Waals surface area contributed by atoms with E-state index < -0.39 is 5.54 Å². The molecule has 1 aliphatic carbocycles. The van der Waals surface area contributed by atoms with Crippen molar-refractivity contribution in [2.45, 2.75) is 65.0 Å². The molecule has 0 bridgehead atoms. The second-order valence-electron chi connectivity index (χ2n) is 6.62. The lowest BCUT2D eigenvalue weighted by atomic mass is 9.88. The van der Waals surface area contributed by atoms with Crippen molar-refractivity contribution in [2.24, 2.45) is 11.8 Å². The van der Waals surface area contributed by atoms with Crippen LogP contribution in [0.1, 0.15) is 53.4 Å². The van der Waals surface area contributed by atoms with Gasteiger partial charge < -0.3 is 10.2 Å². The van der Waals surface area contributed by atoms with E-state index in [4.69, 9.17) is 0 Å². The highest BCUT2D eigenvalue weighted by Crippen LogP contribution is 2.42. The van der Waals surface area contributed by atoms with Crippen molar-refractivity contribution in [3.63, 3.8) is 0 Å². The van der Waals surface area contributed by atoms with Crippen LogP contribution in [0.2, 0.25) is 0 Å². The van der Waals surface area contributed by atoms with Gasteiger partial charge in [-0.1, -0.05) is 27.2 Å². The Morgan fingerprint density at radius 1 is 1.37 bits per heavy atom. The van der Waals surface area contributed by atoms with Gasteiger partial charge in [-0.25, -0.2) is 0 Å². The quantitative estimate of drug-likeness (QED) is 0.826. The molecular weight excluding hydrogens is 240 g/mol. The average Bonchev–Trinajstić information content (AvgIpc) is 3.14. The van der Waals surface area contributed by atoms with E-state index in [2.05, 4.69) is 26.1 Å². The largest absolute Gasteiger partial charge is 0.340 e. The summed E-state index contributed by atoms with van der Waals surface area (Å²) in [6.07, 6.45) is 3.78. The third-order valence-electron chi connectivity index (χ3n) is 4.28. The van der Waals surface area contributed by atoms with Gasteiger partial charge in [-0.15, -0.1) is 0 Å². The maximum atomic E-state index is 12.8. The van der Waals surface area contributed by atoms with E-state index in [1.807, 2.05) is 11.8 Å². The third kappa shape index (κ3) is 2.63. The van der Waals surface area contributed by atoms with Gasteiger partial charge in [0.1, 0.15) is 11.6 Å². The maximum absolute atomic E-state index is 12.8. The molecule has 2 fully saturated rings. The summed E-state index contributed by atoms with van der Waals surface area (Å²) in [4.78, 5) is 27.0. The van der Waals surface area contributed by atoms with Crippen molar-refractivity contribution in [3.05, 3.63) is 0 Å². The number of hydrogen-bond acceptors (Lipinski definition) is 2. The Bertz CT molecular complexity index is 376. The van der Waals surface area contributed by atoms with Crippen molar-refractivity contribution in [2.75, 3.05) is 6.54 Å². The highest BCUT2D eigenvalue weighted by atomic mass is 16.2. The second kappa shape index (κ2) is 5.14. The van der Waals surface area contributed by atoms with Crippen molar-refractivity contribution in [3.8, 4) is 0 Å². The van der Waals surface area contributed by atoms with Crippen LogP contribution >= 0.6 is 0 Å². The Labute approximate surface area is 115 Å². The Balaban J connectivity index is 2.24. The number of amides is 2. The summed E-state index contributed by atoms with van der Waals surface area (Å²) in [6.45, 7) is 8.83. The molecule has 1 saturated carbocycles. The number of nitrogens with one attached hydrogen (secondary N) is 1. The van der Waals surface area contributed by atoms with Crippen LogP contribution in [0.15, 0.2) is 0 Å². The Kier molecular flexibility index (Phi) is 3.88. The van der Waals surface area contributed by atoms with Gasteiger partial charge in [0.25, 0.3) is 0 Å². The number of piperazine rings is 1. The topological polar surface area (TPSA) is 49.4 Å². The van der Waals surface area contributed by atoms with Gasteiger partial charge in [0, 0.05) is 6.54 Å². The zero-order valence-electron chi connectivity index (χ0n) is 12.5. The van der Waals surface area contributed by atoms with Crippen LogP contribution in [0.5, 0.6) is 0 Å². The molecule has 0 aromatic heterocycles. The van der Waals surface area contributed by atoms with Crippen LogP contribution in [-0.4, -0.2) is 34.8 Å². The minimum atomic E-state index is -0.657. The summed E-state index contributed by atoms with van der Waals surface area (Å²) < 4.78 is 0. The fourth-order valence-electron chi connectivity index (χ4n) is 3.08. The van der Waals surface area contributed by atoms with E-state index in [0.717, 1.165) is 25.7 Å². The molecule has 4 nitrogen and oxygen atoms in total. The summed E-state index contributed by atoms with van der Waals surface area (Å²) in [5.41, 5.74) is -0.657. The van der Waals surface area contributed by atoms with E-state index in [0.29, 0.717) is 18.4 Å². The molecule has 2 atom stereocenters. The summed E-state index contributed by atoms with van der Waals surface area (Å²) >= 11 is 0. The summed E-state index contributed by atoms with van der Waals surface area (Å²) in [7, 11) is 0. The molecule has 1 aliphatic heterocycles. The van der Waals surface area contributed by atoms with Gasteiger partial charge >= 0.3 is 0 Å². The minimum absolute atomic E-state index is 0.0384. The Morgan fingerprint density at radius 3 is 2.47 bits per heavy atom. The minimum Gasteiger partial charge on any atom is -0.340 e. The van der Waals surface area contributed by atoms with Crippen LogP contribution in [0.3, 0.4) is 0 Å². The molecule has 0 radical (unpaired) electrons. The van der Waals surface area contributed by atoms with E-state index in [1.54, 1.807) is 0 Å². The van der Waals surface area contributed by atoms with Crippen molar-refractivity contribution in [1.29, 1.82) is 0 Å². The number of hydrogen-bond donors (Lipinski definition) is 1. The summed E-state index contributed by atoms with van der Waals surface area (Å²) in [5.74, 6) is 0.886. The molecule has 108 valence electrons. The van der Waals surface area contributed by atoms with E-state index >= 15 is 0 Å². The van der Waals surface area contributed by atoms with Gasteiger partial charge in [-0.2, -0.15) is 0 Å². The van der Waals surface area contributed by atoms with Crippen LogP contribution in [-0.2, 0) is 9.59 Å².